The Morgan fingerprint density at radius 1 is 1.12 bits per heavy atom. The van der Waals surface area contributed by atoms with Crippen molar-refractivity contribution >= 4 is 10.0 Å². The van der Waals surface area contributed by atoms with Crippen LogP contribution in [0.4, 0.5) is 0 Å². The summed E-state index contributed by atoms with van der Waals surface area (Å²) in [5, 5.41) is 0. The summed E-state index contributed by atoms with van der Waals surface area (Å²) in [6, 6.07) is 7.59. The zero-order valence-corrected chi connectivity index (χ0v) is 11.4. The van der Waals surface area contributed by atoms with Crippen molar-refractivity contribution in [1.82, 2.24) is 4.72 Å². The molecule has 0 aliphatic rings. The lowest BCUT2D eigenvalue weighted by atomic mass is 10.2. The fraction of sp³-hybridized carbons (Fsp3) is 0.538. The van der Waals surface area contributed by atoms with Crippen LogP contribution in [-0.2, 0) is 15.8 Å². The average molecular weight is 255 g/mol. The molecule has 1 aromatic rings. The molecule has 0 saturated heterocycles. The van der Waals surface area contributed by atoms with Crippen LogP contribution in [0.3, 0.4) is 0 Å². The number of aryl methyl sites for hydroxylation is 1. The number of rotatable bonds is 7. The standard InChI is InChI=1S/C13H21NO2S/c1-3-4-5-10-14-17(15,16)11-13-8-6-12(2)7-9-13/h6-9,14H,3-5,10-11H2,1-2H3. The van der Waals surface area contributed by atoms with Crippen molar-refractivity contribution in [3.63, 3.8) is 0 Å². The van der Waals surface area contributed by atoms with Gasteiger partial charge in [-0.25, -0.2) is 13.1 Å². The Morgan fingerprint density at radius 2 is 1.76 bits per heavy atom. The van der Waals surface area contributed by atoms with Crippen molar-refractivity contribution < 1.29 is 8.42 Å². The van der Waals surface area contributed by atoms with E-state index >= 15 is 0 Å². The maximum atomic E-state index is 11.7. The molecule has 96 valence electrons. The van der Waals surface area contributed by atoms with Crippen molar-refractivity contribution in [1.29, 1.82) is 0 Å². The summed E-state index contributed by atoms with van der Waals surface area (Å²) in [7, 11) is -3.18. The van der Waals surface area contributed by atoms with Crippen LogP contribution in [0.1, 0.15) is 37.3 Å². The topological polar surface area (TPSA) is 46.2 Å². The predicted octanol–water partition coefficient (Wildman–Crippen LogP) is 2.60. The molecule has 0 aliphatic heterocycles. The van der Waals surface area contributed by atoms with Crippen LogP contribution in [0.15, 0.2) is 24.3 Å². The molecule has 0 radical (unpaired) electrons. The van der Waals surface area contributed by atoms with Crippen LogP contribution in [0.2, 0.25) is 0 Å². The first-order chi connectivity index (χ1) is 8.03. The van der Waals surface area contributed by atoms with Gasteiger partial charge in [0.25, 0.3) is 0 Å². The van der Waals surface area contributed by atoms with Gasteiger partial charge in [-0.3, -0.25) is 0 Å². The molecule has 0 saturated carbocycles. The Morgan fingerprint density at radius 3 is 2.35 bits per heavy atom. The molecule has 0 unspecified atom stereocenters. The Bertz CT molecular complexity index is 423. The highest BCUT2D eigenvalue weighted by molar-refractivity contribution is 7.88. The van der Waals surface area contributed by atoms with E-state index < -0.39 is 10.0 Å². The zero-order chi connectivity index (χ0) is 12.7. The zero-order valence-electron chi connectivity index (χ0n) is 10.6. The first kappa shape index (κ1) is 14.2. The predicted molar refractivity (Wildman–Crippen MR) is 71.3 cm³/mol. The fourth-order valence-electron chi connectivity index (χ4n) is 1.56. The Balaban J connectivity index is 2.46. The molecular formula is C13H21NO2S. The molecule has 1 N–H and O–H groups in total. The third-order valence-corrected chi connectivity index (χ3v) is 3.94. The molecule has 0 spiro atoms. The lowest BCUT2D eigenvalue weighted by molar-refractivity contribution is 0.575. The van der Waals surface area contributed by atoms with Gasteiger partial charge in [0, 0.05) is 6.54 Å². The Hall–Kier alpha value is -0.870. The van der Waals surface area contributed by atoms with E-state index in [1.807, 2.05) is 31.2 Å². The van der Waals surface area contributed by atoms with E-state index in [0.717, 1.165) is 30.4 Å². The third kappa shape index (κ3) is 5.84. The molecule has 3 nitrogen and oxygen atoms in total. The summed E-state index contributed by atoms with van der Waals surface area (Å²) < 4.78 is 26.1. The molecule has 1 aromatic carbocycles. The second-order valence-corrected chi connectivity index (χ2v) is 6.15. The largest absolute Gasteiger partial charge is 0.215 e. The van der Waals surface area contributed by atoms with Gasteiger partial charge in [0.15, 0.2) is 0 Å². The quantitative estimate of drug-likeness (QED) is 0.761. The minimum absolute atomic E-state index is 0.0689. The van der Waals surface area contributed by atoms with E-state index in [4.69, 9.17) is 0 Å². The van der Waals surface area contributed by atoms with Crippen molar-refractivity contribution in [3.05, 3.63) is 35.4 Å². The normalized spacial score (nSPS) is 11.6. The summed E-state index contributed by atoms with van der Waals surface area (Å²) in [6.45, 7) is 4.63. The van der Waals surface area contributed by atoms with Gasteiger partial charge in [-0.2, -0.15) is 0 Å². The highest BCUT2D eigenvalue weighted by atomic mass is 32.2. The van der Waals surface area contributed by atoms with Gasteiger partial charge in [0.2, 0.25) is 10.0 Å². The maximum Gasteiger partial charge on any atom is 0.215 e. The minimum atomic E-state index is -3.18. The molecule has 4 heteroatoms. The molecule has 0 bridgehead atoms. The van der Waals surface area contributed by atoms with E-state index in [0.29, 0.717) is 6.54 Å². The van der Waals surface area contributed by atoms with Gasteiger partial charge in [-0.05, 0) is 18.9 Å². The van der Waals surface area contributed by atoms with Gasteiger partial charge >= 0.3 is 0 Å². The number of nitrogens with one attached hydrogen (secondary N) is 1. The van der Waals surface area contributed by atoms with Crippen LogP contribution in [0, 0.1) is 6.92 Å². The second kappa shape index (κ2) is 6.77. The van der Waals surface area contributed by atoms with Crippen molar-refractivity contribution in [3.8, 4) is 0 Å². The Labute approximate surface area is 104 Å². The van der Waals surface area contributed by atoms with E-state index in [-0.39, 0.29) is 5.75 Å². The van der Waals surface area contributed by atoms with Crippen molar-refractivity contribution in [2.45, 2.75) is 38.9 Å². The van der Waals surface area contributed by atoms with Crippen molar-refractivity contribution in [2.75, 3.05) is 6.54 Å². The van der Waals surface area contributed by atoms with Gasteiger partial charge in [0.05, 0.1) is 5.75 Å². The highest BCUT2D eigenvalue weighted by Crippen LogP contribution is 2.07. The number of benzene rings is 1. The van der Waals surface area contributed by atoms with Crippen LogP contribution < -0.4 is 4.72 Å². The number of unbranched alkanes of at least 4 members (excludes halogenated alkanes) is 2. The fourth-order valence-corrected chi connectivity index (χ4v) is 2.75. The monoisotopic (exact) mass is 255 g/mol. The molecule has 0 fully saturated rings. The van der Waals surface area contributed by atoms with Gasteiger partial charge in [0.1, 0.15) is 0 Å². The maximum absolute atomic E-state index is 11.7. The molecule has 0 aromatic heterocycles. The van der Waals surface area contributed by atoms with Crippen LogP contribution in [-0.4, -0.2) is 15.0 Å². The first-order valence-electron chi connectivity index (χ1n) is 6.06. The lowest BCUT2D eigenvalue weighted by Crippen LogP contribution is -2.26. The summed E-state index contributed by atoms with van der Waals surface area (Å²) in [6.07, 6.45) is 3.07. The molecule has 0 heterocycles. The van der Waals surface area contributed by atoms with Crippen LogP contribution >= 0.6 is 0 Å². The van der Waals surface area contributed by atoms with E-state index in [1.54, 1.807) is 0 Å². The molecule has 0 amide bonds. The van der Waals surface area contributed by atoms with Gasteiger partial charge < -0.3 is 0 Å². The second-order valence-electron chi connectivity index (χ2n) is 4.35. The summed E-state index contributed by atoms with van der Waals surface area (Å²) in [4.78, 5) is 0. The minimum Gasteiger partial charge on any atom is -0.215 e. The van der Waals surface area contributed by atoms with E-state index in [1.165, 1.54) is 0 Å². The van der Waals surface area contributed by atoms with E-state index in [9.17, 15) is 8.42 Å². The third-order valence-electron chi connectivity index (χ3n) is 2.58. The molecule has 17 heavy (non-hydrogen) atoms. The molecule has 0 aliphatic carbocycles. The summed E-state index contributed by atoms with van der Waals surface area (Å²) in [5.41, 5.74) is 1.97. The number of hydrogen-bond acceptors (Lipinski definition) is 2. The SMILES string of the molecule is CCCCCNS(=O)(=O)Cc1ccc(C)cc1. The Kier molecular flexibility index (Phi) is 5.65. The lowest BCUT2D eigenvalue weighted by Gasteiger charge is -2.06. The first-order valence-corrected chi connectivity index (χ1v) is 7.71. The van der Waals surface area contributed by atoms with Crippen LogP contribution in [0.25, 0.3) is 0 Å². The summed E-state index contributed by atoms with van der Waals surface area (Å²) >= 11 is 0. The highest BCUT2D eigenvalue weighted by Gasteiger charge is 2.10. The van der Waals surface area contributed by atoms with E-state index in [2.05, 4.69) is 11.6 Å². The summed E-state index contributed by atoms with van der Waals surface area (Å²) in [5.74, 6) is 0.0689. The average Bonchev–Trinajstić information content (AvgIpc) is 2.27. The molecular weight excluding hydrogens is 234 g/mol. The van der Waals surface area contributed by atoms with Crippen LogP contribution in [0.5, 0.6) is 0 Å². The number of hydrogen-bond donors (Lipinski definition) is 1. The van der Waals surface area contributed by atoms with Gasteiger partial charge in [-0.15, -0.1) is 0 Å². The molecule has 1 rings (SSSR count). The smallest absolute Gasteiger partial charge is 0.215 e. The molecule has 0 atom stereocenters. The van der Waals surface area contributed by atoms with Crippen molar-refractivity contribution in [2.24, 2.45) is 0 Å². The van der Waals surface area contributed by atoms with Gasteiger partial charge in [-0.1, -0.05) is 49.6 Å². The number of sulfonamides is 1.